The lowest BCUT2D eigenvalue weighted by Gasteiger charge is -2.16. The largest absolute Gasteiger partial charge is 0.380 e. The number of hydrogen-bond donors (Lipinski definition) is 1. The maximum Gasteiger partial charge on any atom is 0.0593 e. The highest BCUT2D eigenvalue weighted by molar-refractivity contribution is 5.37. The van der Waals surface area contributed by atoms with E-state index in [4.69, 9.17) is 10.5 Å². The average molecular weight is 272 g/mol. The molecule has 0 atom stereocenters. The Labute approximate surface area is 122 Å². The molecule has 108 valence electrons. The smallest absolute Gasteiger partial charge is 0.0593 e. The van der Waals surface area contributed by atoms with Crippen molar-refractivity contribution in [3.63, 3.8) is 0 Å². The van der Waals surface area contributed by atoms with Crippen LogP contribution < -0.4 is 5.73 Å². The van der Waals surface area contributed by atoms with Crippen LogP contribution in [0.1, 0.15) is 24.0 Å². The minimum Gasteiger partial charge on any atom is -0.380 e. The van der Waals surface area contributed by atoms with Crippen LogP contribution in [0.2, 0.25) is 0 Å². The third-order valence-electron chi connectivity index (χ3n) is 3.38. The van der Waals surface area contributed by atoms with E-state index in [-0.39, 0.29) is 0 Å². The fourth-order valence-electron chi connectivity index (χ4n) is 2.05. The molecule has 1 aliphatic rings. The molecular formula is C17H24N2O. The van der Waals surface area contributed by atoms with Gasteiger partial charge in [-0.1, -0.05) is 24.0 Å². The zero-order valence-electron chi connectivity index (χ0n) is 12.3. The number of nitrogens with zero attached hydrogens (tertiary/aromatic N) is 1. The predicted molar refractivity (Wildman–Crippen MR) is 82.3 cm³/mol. The Morgan fingerprint density at radius 2 is 2.25 bits per heavy atom. The summed E-state index contributed by atoms with van der Waals surface area (Å²) in [6.45, 7) is 4.05. The van der Waals surface area contributed by atoms with Crippen molar-refractivity contribution in [3.05, 3.63) is 35.4 Å². The molecule has 0 aromatic heterocycles. The minimum absolute atomic E-state index is 0.405. The Kier molecular flexibility index (Phi) is 6.07. The van der Waals surface area contributed by atoms with Gasteiger partial charge >= 0.3 is 0 Å². The van der Waals surface area contributed by atoms with Gasteiger partial charge in [0.05, 0.1) is 13.2 Å². The first kappa shape index (κ1) is 15.1. The summed E-state index contributed by atoms with van der Waals surface area (Å²) in [5.41, 5.74) is 7.70. The summed E-state index contributed by atoms with van der Waals surface area (Å²) in [5, 5.41) is 0. The third kappa shape index (κ3) is 5.75. The fraction of sp³-hybridized carbons (Fsp3) is 0.529. The second-order valence-electron chi connectivity index (χ2n) is 5.46. The van der Waals surface area contributed by atoms with E-state index in [1.807, 2.05) is 12.1 Å². The Bertz CT molecular complexity index is 471. The molecule has 3 heteroatoms. The van der Waals surface area contributed by atoms with Crippen LogP contribution in [-0.2, 0) is 11.3 Å². The molecule has 0 radical (unpaired) electrons. The van der Waals surface area contributed by atoms with Gasteiger partial charge in [0, 0.05) is 25.3 Å². The summed E-state index contributed by atoms with van der Waals surface area (Å²) in [7, 11) is 2.12. The van der Waals surface area contributed by atoms with Crippen molar-refractivity contribution in [3.8, 4) is 11.8 Å². The molecule has 1 aromatic carbocycles. The van der Waals surface area contributed by atoms with E-state index in [1.165, 1.54) is 18.4 Å². The number of ether oxygens (including phenoxy) is 1. The van der Waals surface area contributed by atoms with Crippen molar-refractivity contribution in [2.24, 2.45) is 11.7 Å². The quantitative estimate of drug-likeness (QED) is 0.608. The van der Waals surface area contributed by atoms with Crippen LogP contribution in [0.25, 0.3) is 0 Å². The maximum absolute atomic E-state index is 5.66. The van der Waals surface area contributed by atoms with Gasteiger partial charge in [-0.05, 0) is 43.5 Å². The Balaban J connectivity index is 1.73. The third-order valence-corrected chi connectivity index (χ3v) is 3.38. The molecule has 1 aromatic rings. The normalized spacial score (nSPS) is 14.2. The Morgan fingerprint density at radius 3 is 3.00 bits per heavy atom. The van der Waals surface area contributed by atoms with Crippen molar-refractivity contribution >= 4 is 0 Å². The van der Waals surface area contributed by atoms with Crippen molar-refractivity contribution in [1.82, 2.24) is 4.90 Å². The van der Waals surface area contributed by atoms with Gasteiger partial charge in [0.15, 0.2) is 0 Å². The molecule has 2 N–H and O–H groups in total. The van der Waals surface area contributed by atoms with Gasteiger partial charge in [0.2, 0.25) is 0 Å². The number of rotatable bonds is 7. The maximum atomic E-state index is 5.66. The zero-order chi connectivity index (χ0) is 14.2. The van der Waals surface area contributed by atoms with Gasteiger partial charge < -0.3 is 10.5 Å². The van der Waals surface area contributed by atoms with E-state index in [2.05, 4.69) is 35.9 Å². The van der Waals surface area contributed by atoms with Crippen molar-refractivity contribution in [1.29, 1.82) is 0 Å². The predicted octanol–water partition coefficient (Wildman–Crippen LogP) is 1.86. The van der Waals surface area contributed by atoms with E-state index in [0.717, 1.165) is 37.8 Å². The van der Waals surface area contributed by atoms with E-state index >= 15 is 0 Å². The summed E-state index contributed by atoms with van der Waals surface area (Å²) in [4.78, 5) is 2.28. The first-order valence-electron chi connectivity index (χ1n) is 7.32. The van der Waals surface area contributed by atoms with Crippen LogP contribution in [0.5, 0.6) is 0 Å². The summed E-state index contributed by atoms with van der Waals surface area (Å²) >= 11 is 0. The molecule has 1 saturated carbocycles. The summed E-state index contributed by atoms with van der Waals surface area (Å²) in [6.07, 6.45) is 2.71. The number of likely N-dealkylation sites (N-methyl/N-ethyl adjacent to an activating group) is 1. The van der Waals surface area contributed by atoms with Gasteiger partial charge in [0.25, 0.3) is 0 Å². The lowest BCUT2D eigenvalue weighted by molar-refractivity contribution is 0.102. The van der Waals surface area contributed by atoms with Gasteiger partial charge in [-0.15, -0.1) is 0 Å². The van der Waals surface area contributed by atoms with Gasteiger partial charge in [0.1, 0.15) is 0 Å². The Morgan fingerprint density at radius 1 is 1.40 bits per heavy atom. The van der Waals surface area contributed by atoms with Crippen molar-refractivity contribution < 1.29 is 4.74 Å². The first-order chi connectivity index (χ1) is 9.78. The van der Waals surface area contributed by atoms with Gasteiger partial charge in [-0.2, -0.15) is 0 Å². The second kappa shape index (κ2) is 8.06. The van der Waals surface area contributed by atoms with E-state index in [0.29, 0.717) is 6.54 Å². The molecule has 0 spiro atoms. The van der Waals surface area contributed by atoms with E-state index < -0.39 is 0 Å². The zero-order valence-corrected chi connectivity index (χ0v) is 12.3. The molecule has 1 fully saturated rings. The number of hydrogen-bond acceptors (Lipinski definition) is 3. The van der Waals surface area contributed by atoms with Gasteiger partial charge in [-0.25, -0.2) is 0 Å². The highest BCUT2D eigenvalue weighted by Crippen LogP contribution is 2.28. The molecule has 0 amide bonds. The number of nitrogens with two attached hydrogens (primary N) is 1. The van der Waals surface area contributed by atoms with Crippen LogP contribution >= 0.6 is 0 Å². The van der Waals surface area contributed by atoms with Crippen LogP contribution in [0.4, 0.5) is 0 Å². The summed E-state index contributed by atoms with van der Waals surface area (Å²) in [5.74, 6) is 6.80. The summed E-state index contributed by atoms with van der Waals surface area (Å²) in [6, 6.07) is 8.33. The lowest BCUT2D eigenvalue weighted by atomic mass is 10.1. The standard InChI is InChI=1S/C17H24N2O/c1-19(10-11-20-14-16-7-8-16)13-17-5-2-4-15(12-17)6-3-9-18/h2,4-5,12,16H,7-11,13-14,18H2,1H3. The topological polar surface area (TPSA) is 38.5 Å². The molecule has 20 heavy (non-hydrogen) atoms. The second-order valence-corrected chi connectivity index (χ2v) is 5.46. The SMILES string of the molecule is CN(CCOCC1CC1)Cc1cccc(C#CCN)c1. The highest BCUT2D eigenvalue weighted by atomic mass is 16.5. The molecule has 0 heterocycles. The van der Waals surface area contributed by atoms with Crippen LogP contribution in [-0.4, -0.2) is 38.3 Å². The Hall–Kier alpha value is -1.34. The van der Waals surface area contributed by atoms with Crippen LogP contribution in [0.3, 0.4) is 0 Å². The van der Waals surface area contributed by atoms with E-state index in [1.54, 1.807) is 0 Å². The highest BCUT2D eigenvalue weighted by Gasteiger charge is 2.20. The molecule has 0 aliphatic heterocycles. The fourth-order valence-corrected chi connectivity index (χ4v) is 2.05. The van der Waals surface area contributed by atoms with Crippen molar-refractivity contribution in [2.45, 2.75) is 19.4 Å². The molecular weight excluding hydrogens is 248 g/mol. The minimum atomic E-state index is 0.405. The van der Waals surface area contributed by atoms with Crippen LogP contribution in [0, 0.1) is 17.8 Å². The molecule has 0 saturated heterocycles. The van der Waals surface area contributed by atoms with Gasteiger partial charge in [-0.3, -0.25) is 4.90 Å². The molecule has 3 nitrogen and oxygen atoms in total. The lowest BCUT2D eigenvalue weighted by Crippen LogP contribution is -2.23. The average Bonchev–Trinajstić information content (AvgIpc) is 3.26. The summed E-state index contributed by atoms with van der Waals surface area (Å²) < 4.78 is 5.66. The number of benzene rings is 1. The monoisotopic (exact) mass is 272 g/mol. The molecule has 2 rings (SSSR count). The van der Waals surface area contributed by atoms with Crippen LogP contribution in [0.15, 0.2) is 24.3 Å². The van der Waals surface area contributed by atoms with E-state index in [9.17, 15) is 0 Å². The molecule has 1 aliphatic carbocycles. The molecule has 0 unspecified atom stereocenters. The first-order valence-corrected chi connectivity index (χ1v) is 7.32. The molecule has 0 bridgehead atoms. The van der Waals surface area contributed by atoms with Crippen molar-refractivity contribution in [2.75, 3.05) is 33.4 Å².